The average Bonchev–Trinajstić information content (AvgIpc) is 2.67. The second-order valence-corrected chi connectivity index (χ2v) is 6.33. The molecule has 0 bridgehead atoms. The highest BCUT2D eigenvalue weighted by atomic mass is 16.5. The van der Waals surface area contributed by atoms with Crippen molar-refractivity contribution in [3.05, 3.63) is 58.7 Å². The number of benzene rings is 2. The number of hydrogen-bond donors (Lipinski definition) is 0. The number of allylic oxidation sites excluding steroid dienone is 2. The first kappa shape index (κ1) is 20.6. The molecular formula is C24H30O3. The molecule has 27 heavy (non-hydrogen) atoms. The third-order valence-electron chi connectivity index (χ3n) is 4.55. The molecule has 0 aromatic heterocycles. The van der Waals surface area contributed by atoms with Crippen LogP contribution in [0, 0.1) is 13.8 Å². The van der Waals surface area contributed by atoms with E-state index in [9.17, 15) is 0 Å². The summed E-state index contributed by atoms with van der Waals surface area (Å²) >= 11 is 0. The Kier molecular flexibility index (Phi) is 7.54. The molecule has 2 aromatic carbocycles. The van der Waals surface area contributed by atoms with Crippen molar-refractivity contribution in [3.8, 4) is 23.0 Å². The number of methoxy groups -OCH3 is 2. The summed E-state index contributed by atoms with van der Waals surface area (Å²) in [5, 5.41) is 0. The Balaban J connectivity index is 2.56. The lowest BCUT2D eigenvalue weighted by Gasteiger charge is -2.17. The molecule has 3 heteroatoms. The van der Waals surface area contributed by atoms with Gasteiger partial charge in [0.15, 0.2) is 0 Å². The molecule has 0 amide bonds. The molecule has 144 valence electrons. The van der Waals surface area contributed by atoms with Crippen molar-refractivity contribution < 1.29 is 14.2 Å². The number of ether oxygens (including phenoxy) is 3. The molecule has 0 radical (unpaired) electrons. The number of rotatable bonds is 8. The maximum Gasteiger partial charge on any atom is 0.135 e. The molecule has 0 heterocycles. The van der Waals surface area contributed by atoms with Gasteiger partial charge in [-0.05, 0) is 51.0 Å². The molecule has 0 spiro atoms. The minimum absolute atomic E-state index is 0.814. The van der Waals surface area contributed by atoms with Crippen LogP contribution >= 0.6 is 0 Å². The predicted octanol–water partition coefficient (Wildman–Crippen LogP) is 6.96. The van der Waals surface area contributed by atoms with E-state index in [0.717, 1.165) is 58.1 Å². The van der Waals surface area contributed by atoms with Crippen LogP contribution in [0.5, 0.6) is 23.0 Å². The van der Waals surface area contributed by atoms with E-state index in [4.69, 9.17) is 14.2 Å². The normalized spacial score (nSPS) is 11.3. The van der Waals surface area contributed by atoms with Crippen molar-refractivity contribution in [1.29, 1.82) is 0 Å². The van der Waals surface area contributed by atoms with Gasteiger partial charge in [-0.2, -0.15) is 0 Å². The Hall–Kier alpha value is -2.68. The molecule has 0 atom stereocenters. The molecule has 2 aromatic rings. The zero-order valence-electron chi connectivity index (χ0n) is 17.3. The van der Waals surface area contributed by atoms with Crippen molar-refractivity contribution >= 4 is 12.2 Å². The largest absolute Gasteiger partial charge is 0.496 e. The molecule has 3 nitrogen and oxygen atoms in total. The van der Waals surface area contributed by atoms with Gasteiger partial charge < -0.3 is 14.2 Å². The van der Waals surface area contributed by atoms with Gasteiger partial charge in [0.25, 0.3) is 0 Å². The highest BCUT2D eigenvalue weighted by Gasteiger charge is 2.14. The van der Waals surface area contributed by atoms with Crippen LogP contribution in [0.15, 0.2) is 36.4 Å². The fourth-order valence-electron chi connectivity index (χ4n) is 2.99. The second kappa shape index (κ2) is 9.86. The van der Waals surface area contributed by atoms with E-state index < -0.39 is 0 Å². The molecule has 0 aliphatic carbocycles. The average molecular weight is 367 g/mol. The maximum absolute atomic E-state index is 6.38. The maximum atomic E-state index is 6.38. The van der Waals surface area contributed by atoms with Gasteiger partial charge in [0.2, 0.25) is 0 Å². The summed E-state index contributed by atoms with van der Waals surface area (Å²) in [6.07, 6.45) is 10.4. The summed E-state index contributed by atoms with van der Waals surface area (Å²) in [6, 6.07) is 7.83. The van der Waals surface area contributed by atoms with E-state index in [1.54, 1.807) is 14.2 Å². The van der Waals surface area contributed by atoms with Crippen LogP contribution in [0.25, 0.3) is 12.2 Å². The second-order valence-electron chi connectivity index (χ2n) is 6.33. The highest BCUT2D eigenvalue weighted by Crippen LogP contribution is 2.38. The van der Waals surface area contributed by atoms with Crippen LogP contribution in [0.4, 0.5) is 0 Å². The number of hydrogen-bond acceptors (Lipinski definition) is 3. The van der Waals surface area contributed by atoms with E-state index in [1.807, 2.05) is 24.3 Å². The minimum atomic E-state index is 0.814. The molecule has 0 aliphatic rings. The van der Waals surface area contributed by atoms with Crippen molar-refractivity contribution in [2.75, 3.05) is 14.2 Å². The van der Waals surface area contributed by atoms with Crippen LogP contribution in [0.2, 0.25) is 0 Å². The highest BCUT2D eigenvalue weighted by molar-refractivity contribution is 5.68. The fourth-order valence-corrected chi connectivity index (χ4v) is 2.99. The first-order valence-corrected chi connectivity index (χ1v) is 9.43. The lowest BCUT2D eigenvalue weighted by molar-refractivity contribution is 0.407. The van der Waals surface area contributed by atoms with E-state index in [1.165, 1.54) is 0 Å². The van der Waals surface area contributed by atoms with E-state index >= 15 is 0 Å². The Morgan fingerprint density at radius 2 is 1.04 bits per heavy atom. The quantitative estimate of drug-likeness (QED) is 0.505. The zero-order valence-corrected chi connectivity index (χ0v) is 17.3. The van der Waals surface area contributed by atoms with Crippen LogP contribution in [-0.4, -0.2) is 14.2 Å². The molecule has 0 N–H and O–H groups in total. The SMILES string of the molecule is CCC=Cc1c(Oc2ccc(OC)c(C)c2C=CCC)ccc(OC)c1C. The van der Waals surface area contributed by atoms with Crippen molar-refractivity contribution in [1.82, 2.24) is 0 Å². The summed E-state index contributed by atoms with van der Waals surface area (Å²) < 4.78 is 17.3. The van der Waals surface area contributed by atoms with Crippen LogP contribution < -0.4 is 14.2 Å². The van der Waals surface area contributed by atoms with Crippen molar-refractivity contribution in [2.45, 2.75) is 40.5 Å². The van der Waals surface area contributed by atoms with Gasteiger partial charge in [-0.1, -0.05) is 38.2 Å². The van der Waals surface area contributed by atoms with Crippen molar-refractivity contribution in [3.63, 3.8) is 0 Å². The Morgan fingerprint density at radius 3 is 1.37 bits per heavy atom. The lowest BCUT2D eigenvalue weighted by Crippen LogP contribution is -1.97. The lowest BCUT2D eigenvalue weighted by atomic mass is 10.0. The summed E-state index contributed by atoms with van der Waals surface area (Å²) in [5.74, 6) is 3.34. The van der Waals surface area contributed by atoms with Gasteiger partial charge in [-0.25, -0.2) is 0 Å². The monoisotopic (exact) mass is 366 g/mol. The summed E-state index contributed by atoms with van der Waals surface area (Å²) in [7, 11) is 3.38. The van der Waals surface area contributed by atoms with E-state index in [2.05, 4.69) is 52.0 Å². The van der Waals surface area contributed by atoms with Gasteiger partial charge in [-0.3, -0.25) is 0 Å². The van der Waals surface area contributed by atoms with Gasteiger partial charge >= 0.3 is 0 Å². The smallest absolute Gasteiger partial charge is 0.135 e. The fraction of sp³-hybridized carbons (Fsp3) is 0.333. The van der Waals surface area contributed by atoms with Crippen molar-refractivity contribution in [2.24, 2.45) is 0 Å². The molecule has 2 rings (SSSR count). The van der Waals surface area contributed by atoms with Gasteiger partial charge in [0, 0.05) is 22.3 Å². The molecule has 0 saturated carbocycles. The molecule has 0 saturated heterocycles. The summed E-state index contributed by atoms with van der Waals surface area (Å²) in [5.41, 5.74) is 4.20. The minimum Gasteiger partial charge on any atom is -0.496 e. The van der Waals surface area contributed by atoms with Gasteiger partial charge in [0.05, 0.1) is 14.2 Å². The summed E-state index contributed by atoms with van der Waals surface area (Å²) in [6.45, 7) is 8.34. The Labute approximate surface area is 163 Å². The zero-order chi connectivity index (χ0) is 19.8. The molecule has 0 unspecified atom stereocenters. The van der Waals surface area contributed by atoms with E-state index in [0.29, 0.717) is 0 Å². The van der Waals surface area contributed by atoms with Crippen LogP contribution in [0.3, 0.4) is 0 Å². The van der Waals surface area contributed by atoms with Crippen LogP contribution in [0.1, 0.15) is 48.9 Å². The molecule has 0 aliphatic heterocycles. The third kappa shape index (κ3) is 4.73. The third-order valence-corrected chi connectivity index (χ3v) is 4.55. The molecular weight excluding hydrogens is 336 g/mol. The predicted molar refractivity (Wildman–Crippen MR) is 114 cm³/mol. The van der Waals surface area contributed by atoms with E-state index in [-0.39, 0.29) is 0 Å². The Bertz CT molecular complexity index is 763. The van der Waals surface area contributed by atoms with Crippen LogP contribution in [-0.2, 0) is 0 Å². The standard InChI is InChI=1S/C24H30O3/c1-7-9-11-19-17(3)21(25-5)13-15-23(19)27-24-16-14-22(26-6)18(4)20(24)12-10-8-2/h9-16H,7-8H2,1-6H3. The Morgan fingerprint density at radius 1 is 0.667 bits per heavy atom. The molecule has 0 fully saturated rings. The van der Waals surface area contributed by atoms with Gasteiger partial charge in [0.1, 0.15) is 23.0 Å². The first-order chi connectivity index (χ1) is 13.1. The summed E-state index contributed by atoms with van der Waals surface area (Å²) in [4.78, 5) is 0. The topological polar surface area (TPSA) is 27.7 Å². The van der Waals surface area contributed by atoms with Gasteiger partial charge in [-0.15, -0.1) is 0 Å². The first-order valence-electron chi connectivity index (χ1n) is 9.43.